The second kappa shape index (κ2) is 5.66. The number of hydrogen-bond acceptors (Lipinski definition) is 3. The second-order valence-electron chi connectivity index (χ2n) is 3.46. The number of alkyl halides is 3. The third-order valence-corrected chi connectivity index (χ3v) is 2.36. The van der Waals surface area contributed by atoms with Gasteiger partial charge in [0.1, 0.15) is 0 Å². The maximum atomic E-state index is 12.3. The van der Waals surface area contributed by atoms with Crippen molar-refractivity contribution in [1.29, 1.82) is 0 Å². The Kier molecular flexibility index (Phi) is 4.73. The summed E-state index contributed by atoms with van der Waals surface area (Å²) in [6, 6.07) is 0.795. The van der Waals surface area contributed by atoms with Crippen molar-refractivity contribution >= 4 is 11.6 Å². The normalized spacial score (nSPS) is 13.8. The Morgan fingerprint density at radius 3 is 2.65 bits per heavy atom. The zero-order valence-corrected chi connectivity index (χ0v) is 9.72. The first kappa shape index (κ1) is 14.2. The van der Waals surface area contributed by atoms with E-state index in [1.807, 2.05) is 0 Å². The van der Waals surface area contributed by atoms with Gasteiger partial charge in [0.05, 0.1) is 29.0 Å². The number of aliphatic hydroxyl groups excluding tert-OH is 1. The molecule has 1 aromatic rings. The molecule has 0 amide bonds. The van der Waals surface area contributed by atoms with E-state index in [9.17, 15) is 18.3 Å². The van der Waals surface area contributed by atoms with Crippen molar-refractivity contribution < 1.29 is 23.0 Å². The maximum Gasteiger partial charge on any atom is 0.417 e. The minimum atomic E-state index is -4.47. The van der Waals surface area contributed by atoms with Crippen LogP contribution in [0.3, 0.4) is 0 Å². The molecule has 1 rings (SSSR count). The average Bonchev–Trinajstić information content (AvgIpc) is 2.20. The molecule has 0 aliphatic heterocycles. The van der Waals surface area contributed by atoms with Gasteiger partial charge in [0.15, 0.2) is 0 Å². The molecule has 0 aromatic carbocycles. The molecule has 1 aromatic heterocycles. The number of methoxy groups -OCH3 is 1. The Morgan fingerprint density at radius 2 is 2.18 bits per heavy atom. The lowest BCUT2D eigenvalue weighted by Gasteiger charge is -2.12. The van der Waals surface area contributed by atoms with Crippen molar-refractivity contribution in [3.05, 3.63) is 28.5 Å². The summed E-state index contributed by atoms with van der Waals surface area (Å²) in [4.78, 5) is 3.60. The maximum absolute atomic E-state index is 12.3. The summed E-state index contributed by atoms with van der Waals surface area (Å²) in [6.07, 6.45) is -4.58. The van der Waals surface area contributed by atoms with Crippen LogP contribution in [0.5, 0.6) is 0 Å². The monoisotopic (exact) mass is 269 g/mol. The molecular weight excluding hydrogens is 259 g/mol. The van der Waals surface area contributed by atoms with Gasteiger partial charge in [-0.3, -0.25) is 4.98 Å². The number of nitrogens with zero attached hydrogens (tertiary/aromatic N) is 1. The van der Waals surface area contributed by atoms with E-state index < -0.39 is 17.8 Å². The SMILES string of the molecule is COCC(O)Cc1ncc(C(F)(F)F)cc1Cl. The van der Waals surface area contributed by atoms with Gasteiger partial charge in [-0.05, 0) is 6.07 Å². The predicted molar refractivity (Wildman–Crippen MR) is 55.8 cm³/mol. The molecular formula is C10H11ClF3NO2. The number of aliphatic hydroxyl groups is 1. The molecule has 1 atom stereocenters. The summed E-state index contributed by atoms with van der Waals surface area (Å²) >= 11 is 5.67. The van der Waals surface area contributed by atoms with Gasteiger partial charge >= 0.3 is 6.18 Å². The highest BCUT2D eigenvalue weighted by molar-refractivity contribution is 6.31. The van der Waals surface area contributed by atoms with Gasteiger partial charge in [-0.25, -0.2) is 0 Å². The third kappa shape index (κ3) is 4.14. The van der Waals surface area contributed by atoms with Crippen LogP contribution < -0.4 is 0 Å². The van der Waals surface area contributed by atoms with Gasteiger partial charge in [-0.15, -0.1) is 0 Å². The predicted octanol–water partition coefficient (Wildman–Crippen LogP) is 2.30. The molecule has 3 nitrogen and oxygen atoms in total. The Hall–Kier alpha value is -0.850. The minimum absolute atomic E-state index is 0.0464. The number of pyridine rings is 1. The molecule has 0 aliphatic rings. The lowest BCUT2D eigenvalue weighted by atomic mass is 10.1. The van der Waals surface area contributed by atoms with E-state index in [1.54, 1.807) is 0 Å². The fourth-order valence-electron chi connectivity index (χ4n) is 1.25. The highest BCUT2D eigenvalue weighted by atomic mass is 35.5. The molecule has 1 unspecified atom stereocenters. The molecule has 0 aliphatic carbocycles. The summed E-state index contributed by atoms with van der Waals surface area (Å²) < 4.78 is 41.6. The van der Waals surface area contributed by atoms with Gasteiger partial charge in [-0.1, -0.05) is 11.6 Å². The number of halogens is 4. The van der Waals surface area contributed by atoms with E-state index in [0.29, 0.717) is 6.20 Å². The zero-order valence-electron chi connectivity index (χ0n) is 8.96. The summed E-state index contributed by atoms with van der Waals surface area (Å²) in [6.45, 7) is 0.0685. The fourth-order valence-corrected chi connectivity index (χ4v) is 1.49. The fraction of sp³-hybridized carbons (Fsp3) is 0.500. The van der Waals surface area contributed by atoms with Crippen LogP contribution in [-0.2, 0) is 17.3 Å². The molecule has 17 heavy (non-hydrogen) atoms. The van der Waals surface area contributed by atoms with Crippen LogP contribution in [0.1, 0.15) is 11.3 Å². The quantitative estimate of drug-likeness (QED) is 0.912. The lowest BCUT2D eigenvalue weighted by molar-refractivity contribution is -0.137. The molecule has 1 N–H and O–H groups in total. The van der Waals surface area contributed by atoms with Gasteiger partial charge in [0.25, 0.3) is 0 Å². The Labute approximate surface area is 101 Å². The van der Waals surface area contributed by atoms with Crippen LogP contribution in [0.25, 0.3) is 0 Å². The van der Waals surface area contributed by atoms with Crippen LogP contribution in [-0.4, -0.2) is 29.9 Å². The van der Waals surface area contributed by atoms with E-state index in [2.05, 4.69) is 4.98 Å². The van der Waals surface area contributed by atoms with Crippen molar-refractivity contribution in [3.63, 3.8) is 0 Å². The molecule has 0 saturated carbocycles. The van der Waals surface area contributed by atoms with Gasteiger partial charge < -0.3 is 9.84 Å². The molecule has 1 heterocycles. The summed E-state index contributed by atoms with van der Waals surface area (Å²) in [7, 11) is 1.41. The molecule has 96 valence electrons. The van der Waals surface area contributed by atoms with Crippen LogP contribution in [0.2, 0.25) is 5.02 Å². The smallest absolute Gasteiger partial charge is 0.390 e. The first-order chi connectivity index (χ1) is 7.84. The number of rotatable bonds is 4. The highest BCUT2D eigenvalue weighted by Gasteiger charge is 2.31. The van der Waals surface area contributed by atoms with Gasteiger partial charge in [0.2, 0.25) is 0 Å². The van der Waals surface area contributed by atoms with Gasteiger partial charge in [-0.2, -0.15) is 13.2 Å². The summed E-state index contributed by atoms with van der Waals surface area (Å²) in [5, 5.41) is 9.29. The Bertz CT molecular complexity index is 384. The van der Waals surface area contributed by atoms with Crippen molar-refractivity contribution in [2.45, 2.75) is 18.7 Å². The number of hydrogen-bond donors (Lipinski definition) is 1. The Morgan fingerprint density at radius 1 is 1.53 bits per heavy atom. The van der Waals surface area contributed by atoms with Crippen LogP contribution in [0, 0.1) is 0 Å². The molecule has 0 radical (unpaired) electrons. The minimum Gasteiger partial charge on any atom is -0.390 e. The van der Waals surface area contributed by atoms with Crippen LogP contribution >= 0.6 is 11.6 Å². The Balaban J connectivity index is 2.83. The van der Waals surface area contributed by atoms with E-state index in [0.717, 1.165) is 6.07 Å². The molecule has 0 fully saturated rings. The average molecular weight is 270 g/mol. The number of aromatic nitrogens is 1. The van der Waals surface area contributed by atoms with Crippen molar-refractivity contribution in [2.75, 3.05) is 13.7 Å². The molecule has 7 heteroatoms. The third-order valence-electron chi connectivity index (χ3n) is 2.03. The van der Waals surface area contributed by atoms with E-state index in [1.165, 1.54) is 7.11 Å². The van der Waals surface area contributed by atoms with Gasteiger partial charge in [0, 0.05) is 19.7 Å². The lowest BCUT2D eigenvalue weighted by Crippen LogP contribution is -2.18. The van der Waals surface area contributed by atoms with E-state index in [4.69, 9.17) is 16.3 Å². The van der Waals surface area contributed by atoms with Crippen molar-refractivity contribution in [1.82, 2.24) is 4.98 Å². The van der Waals surface area contributed by atoms with Crippen molar-refractivity contribution in [2.24, 2.45) is 0 Å². The van der Waals surface area contributed by atoms with Crippen LogP contribution in [0.4, 0.5) is 13.2 Å². The topological polar surface area (TPSA) is 42.4 Å². The van der Waals surface area contributed by atoms with E-state index in [-0.39, 0.29) is 23.7 Å². The first-order valence-electron chi connectivity index (χ1n) is 4.73. The molecule has 0 bridgehead atoms. The second-order valence-corrected chi connectivity index (χ2v) is 3.87. The molecule has 0 saturated heterocycles. The first-order valence-corrected chi connectivity index (χ1v) is 5.11. The molecule has 0 spiro atoms. The summed E-state index contributed by atoms with van der Waals surface area (Å²) in [5.74, 6) is 0. The van der Waals surface area contributed by atoms with E-state index >= 15 is 0 Å². The van der Waals surface area contributed by atoms with Crippen LogP contribution in [0.15, 0.2) is 12.3 Å². The number of ether oxygens (including phenoxy) is 1. The highest BCUT2D eigenvalue weighted by Crippen LogP contribution is 2.31. The zero-order chi connectivity index (χ0) is 13.1. The standard InChI is InChI=1S/C10H11ClF3NO2/c1-17-5-7(16)3-9-8(11)2-6(4-15-9)10(12,13)14/h2,4,7,16H,3,5H2,1H3. The summed E-state index contributed by atoms with van der Waals surface area (Å²) in [5.41, 5.74) is -0.698. The van der Waals surface area contributed by atoms with Crippen molar-refractivity contribution in [3.8, 4) is 0 Å². The largest absolute Gasteiger partial charge is 0.417 e.